The molecule has 1 N–H and O–H groups in total. The molecule has 0 unspecified atom stereocenters. The number of hydrogen-bond acceptors (Lipinski definition) is 4. The number of fused-ring (bicyclic) bond motifs is 1. The molecule has 0 atom stereocenters. The third-order valence-electron chi connectivity index (χ3n) is 1.67. The third-order valence-corrected chi connectivity index (χ3v) is 2.47. The van der Waals surface area contributed by atoms with Gasteiger partial charge in [0.25, 0.3) is 5.56 Å². The van der Waals surface area contributed by atoms with Crippen molar-refractivity contribution in [2.45, 2.75) is 6.92 Å². The van der Waals surface area contributed by atoms with Gasteiger partial charge in [-0.1, -0.05) is 0 Å². The maximum absolute atomic E-state index is 11.3. The molecular formula is C8H6N2O2S. The highest BCUT2D eigenvalue weighted by molar-refractivity contribution is 7.16. The van der Waals surface area contributed by atoms with Gasteiger partial charge in [0.2, 0.25) is 0 Å². The van der Waals surface area contributed by atoms with E-state index in [0.29, 0.717) is 10.2 Å². The lowest BCUT2D eigenvalue weighted by Crippen LogP contribution is -2.13. The summed E-state index contributed by atoms with van der Waals surface area (Å²) in [6, 6.07) is 1.69. The van der Waals surface area contributed by atoms with Crippen LogP contribution in [-0.4, -0.2) is 15.8 Å². The Labute approximate surface area is 77.2 Å². The van der Waals surface area contributed by atoms with Crippen LogP contribution in [0.1, 0.15) is 17.5 Å². The van der Waals surface area contributed by atoms with Gasteiger partial charge in [0.15, 0.2) is 11.6 Å². The largest absolute Gasteiger partial charge is 0.303 e. The molecule has 0 aliphatic carbocycles. The van der Waals surface area contributed by atoms with Crippen molar-refractivity contribution >= 4 is 27.3 Å². The molecule has 0 fully saturated rings. The highest BCUT2D eigenvalue weighted by Crippen LogP contribution is 2.13. The quantitative estimate of drug-likeness (QED) is 0.693. The van der Waals surface area contributed by atoms with Crippen molar-refractivity contribution < 1.29 is 4.79 Å². The average Bonchev–Trinajstić information content (AvgIpc) is 2.51. The Morgan fingerprint density at radius 3 is 3.08 bits per heavy atom. The Hall–Kier alpha value is -1.49. The minimum absolute atomic E-state index is 0.125. The second kappa shape index (κ2) is 2.77. The van der Waals surface area contributed by atoms with Gasteiger partial charge in [-0.25, -0.2) is 4.98 Å². The molecule has 2 aromatic rings. The number of rotatable bonds is 1. The first kappa shape index (κ1) is 8.12. The number of thiophene rings is 1. The second-order valence-corrected chi connectivity index (χ2v) is 3.50. The number of carbonyl (C=O) groups excluding carboxylic acids is 1. The molecular weight excluding hydrogens is 188 g/mol. The molecule has 5 heteroatoms. The van der Waals surface area contributed by atoms with Gasteiger partial charge in [0, 0.05) is 6.92 Å². The molecule has 0 saturated carbocycles. The van der Waals surface area contributed by atoms with Gasteiger partial charge in [-0.05, 0) is 11.4 Å². The Morgan fingerprint density at radius 1 is 1.62 bits per heavy atom. The predicted octanol–water partition coefficient (Wildman–Crippen LogP) is 1.19. The summed E-state index contributed by atoms with van der Waals surface area (Å²) in [5, 5.41) is 2.31. The second-order valence-electron chi connectivity index (χ2n) is 2.61. The van der Waals surface area contributed by atoms with Crippen molar-refractivity contribution in [1.29, 1.82) is 0 Å². The number of ketones is 1. The monoisotopic (exact) mass is 194 g/mol. The fourth-order valence-electron chi connectivity index (χ4n) is 1.03. The highest BCUT2D eigenvalue weighted by atomic mass is 32.1. The Morgan fingerprint density at radius 2 is 2.38 bits per heavy atom. The molecule has 0 saturated heterocycles. The zero-order valence-corrected chi connectivity index (χ0v) is 7.64. The summed E-state index contributed by atoms with van der Waals surface area (Å²) in [5.41, 5.74) is -0.253. The number of aromatic amines is 1. The van der Waals surface area contributed by atoms with Crippen LogP contribution >= 0.6 is 11.3 Å². The van der Waals surface area contributed by atoms with E-state index in [-0.39, 0.29) is 17.2 Å². The van der Waals surface area contributed by atoms with Crippen molar-refractivity contribution in [2.24, 2.45) is 0 Å². The van der Waals surface area contributed by atoms with Crippen LogP contribution in [0, 0.1) is 0 Å². The average molecular weight is 194 g/mol. The minimum atomic E-state index is -0.253. The van der Waals surface area contributed by atoms with E-state index < -0.39 is 0 Å². The number of H-pyrrole nitrogens is 1. The third kappa shape index (κ3) is 1.27. The molecule has 2 heterocycles. The molecule has 4 nitrogen and oxygen atoms in total. The van der Waals surface area contributed by atoms with Crippen LogP contribution in [0.4, 0.5) is 0 Å². The lowest BCUT2D eigenvalue weighted by molar-refractivity contribution is 0.100. The molecule has 0 aromatic carbocycles. The lowest BCUT2D eigenvalue weighted by Gasteiger charge is -1.93. The topological polar surface area (TPSA) is 62.8 Å². The Bertz CT molecular complexity index is 526. The van der Waals surface area contributed by atoms with Crippen molar-refractivity contribution in [2.75, 3.05) is 0 Å². The maximum atomic E-state index is 11.3. The summed E-state index contributed by atoms with van der Waals surface area (Å²) >= 11 is 1.35. The van der Waals surface area contributed by atoms with Crippen LogP contribution in [0.5, 0.6) is 0 Å². The summed E-state index contributed by atoms with van der Waals surface area (Å²) < 4.78 is 0. The Kier molecular flexibility index (Phi) is 1.73. The first-order valence-corrected chi connectivity index (χ1v) is 4.55. The Balaban J connectivity index is 2.85. The predicted molar refractivity (Wildman–Crippen MR) is 50.2 cm³/mol. The summed E-state index contributed by atoms with van der Waals surface area (Å²) in [7, 11) is 0. The van der Waals surface area contributed by atoms with Gasteiger partial charge in [0.1, 0.15) is 4.83 Å². The van der Waals surface area contributed by atoms with Crippen molar-refractivity contribution in [1.82, 2.24) is 9.97 Å². The van der Waals surface area contributed by atoms with Gasteiger partial charge in [-0.2, -0.15) is 0 Å². The fourth-order valence-corrected chi connectivity index (χ4v) is 1.80. The standard InChI is InChI=1S/C8H6N2O2S/c1-4(11)6-9-7(12)5-2-3-13-8(5)10-6/h2-3H,1H3,(H,9,10,12). The molecule has 2 rings (SSSR count). The van der Waals surface area contributed by atoms with Gasteiger partial charge < -0.3 is 4.98 Å². The van der Waals surface area contributed by atoms with E-state index in [2.05, 4.69) is 9.97 Å². The van der Waals surface area contributed by atoms with E-state index in [0.717, 1.165) is 0 Å². The van der Waals surface area contributed by atoms with Gasteiger partial charge in [-0.3, -0.25) is 9.59 Å². The van der Waals surface area contributed by atoms with E-state index in [1.54, 1.807) is 11.4 Å². The summed E-state index contributed by atoms with van der Waals surface area (Å²) in [4.78, 5) is 29.3. The van der Waals surface area contributed by atoms with Crippen LogP contribution < -0.4 is 5.56 Å². The van der Waals surface area contributed by atoms with Crippen LogP contribution in [0.15, 0.2) is 16.2 Å². The smallest absolute Gasteiger partial charge is 0.259 e. The number of aromatic nitrogens is 2. The summed E-state index contributed by atoms with van der Waals surface area (Å²) in [6.07, 6.45) is 0. The zero-order valence-electron chi connectivity index (χ0n) is 6.83. The maximum Gasteiger partial charge on any atom is 0.259 e. The zero-order chi connectivity index (χ0) is 9.42. The first-order chi connectivity index (χ1) is 6.18. The minimum Gasteiger partial charge on any atom is -0.303 e. The van der Waals surface area contributed by atoms with Crippen LogP contribution in [-0.2, 0) is 0 Å². The number of nitrogens with zero attached hydrogens (tertiary/aromatic N) is 1. The first-order valence-electron chi connectivity index (χ1n) is 3.67. The fraction of sp³-hybridized carbons (Fsp3) is 0.125. The molecule has 13 heavy (non-hydrogen) atoms. The molecule has 0 bridgehead atoms. The van der Waals surface area contributed by atoms with E-state index in [4.69, 9.17) is 0 Å². The van der Waals surface area contributed by atoms with Gasteiger partial charge in [0.05, 0.1) is 5.39 Å². The normalized spacial score (nSPS) is 10.5. The molecule has 0 spiro atoms. The van der Waals surface area contributed by atoms with Crippen LogP contribution in [0.3, 0.4) is 0 Å². The molecule has 66 valence electrons. The molecule has 0 amide bonds. The lowest BCUT2D eigenvalue weighted by atomic mass is 10.4. The van der Waals surface area contributed by atoms with Crippen molar-refractivity contribution in [3.05, 3.63) is 27.6 Å². The number of hydrogen-bond donors (Lipinski definition) is 1. The SMILES string of the molecule is CC(=O)c1nc2sccc2c(=O)[nH]1. The summed E-state index contributed by atoms with van der Waals surface area (Å²) in [6.45, 7) is 1.37. The highest BCUT2D eigenvalue weighted by Gasteiger charge is 2.07. The van der Waals surface area contributed by atoms with Crippen LogP contribution in [0.25, 0.3) is 10.2 Å². The molecule has 0 aliphatic heterocycles. The summed E-state index contributed by atoms with van der Waals surface area (Å²) in [5.74, 6) is -0.104. The van der Waals surface area contributed by atoms with E-state index in [1.165, 1.54) is 18.3 Å². The van der Waals surface area contributed by atoms with Gasteiger partial charge >= 0.3 is 0 Å². The van der Waals surface area contributed by atoms with Crippen LogP contribution in [0.2, 0.25) is 0 Å². The molecule has 2 aromatic heterocycles. The van der Waals surface area contributed by atoms with E-state index >= 15 is 0 Å². The molecule has 0 aliphatic rings. The number of nitrogens with one attached hydrogen (secondary N) is 1. The number of carbonyl (C=O) groups is 1. The molecule has 0 radical (unpaired) electrons. The van der Waals surface area contributed by atoms with E-state index in [9.17, 15) is 9.59 Å². The van der Waals surface area contributed by atoms with Gasteiger partial charge in [-0.15, -0.1) is 11.3 Å². The number of Topliss-reactive ketones (excluding diaryl/α,β-unsaturated/α-hetero) is 1. The van der Waals surface area contributed by atoms with Crippen molar-refractivity contribution in [3.63, 3.8) is 0 Å². The van der Waals surface area contributed by atoms with E-state index in [1.807, 2.05) is 0 Å². The van der Waals surface area contributed by atoms with Crippen molar-refractivity contribution in [3.8, 4) is 0 Å².